The Morgan fingerprint density at radius 1 is 1.31 bits per heavy atom. The molecule has 0 saturated carbocycles. The fourth-order valence-corrected chi connectivity index (χ4v) is 2.85. The van der Waals surface area contributed by atoms with E-state index >= 15 is 0 Å². The number of alkyl halides is 3. The standard InChI is InChI=1S/C17H20F3N5O2S.HI/c1-11(26)24-12-4-3-5-13(8-12)27-7-6-22-16(21-2)23-9-15-25-14(10-28-15)17(18,19)20;/h3-5,8,10H,6-7,9H2,1-2H3,(H,24,26)(H2,21,22,23);1H. The van der Waals surface area contributed by atoms with Gasteiger partial charge in [-0.25, -0.2) is 4.98 Å². The maximum absolute atomic E-state index is 12.6. The molecule has 0 radical (unpaired) electrons. The van der Waals surface area contributed by atoms with Gasteiger partial charge in [0, 0.05) is 31.1 Å². The number of hydrogen-bond donors (Lipinski definition) is 3. The zero-order chi connectivity index (χ0) is 20.6. The Balaban J connectivity index is 0.00000420. The minimum absolute atomic E-state index is 0. The zero-order valence-corrected chi connectivity index (χ0v) is 18.8. The third-order valence-corrected chi connectivity index (χ3v) is 4.14. The number of benzene rings is 1. The number of hydrogen-bond acceptors (Lipinski definition) is 5. The molecule has 0 atom stereocenters. The summed E-state index contributed by atoms with van der Waals surface area (Å²) in [5.41, 5.74) is -0.260. The number of amides is 1. The van der Waals surface area contributed by atoms with Crippen LogP contribution in [0.25, 0.3) is 0 Å². The van der Waals surface area contributed by atoms with Crippen molar-refractivity contribution in [3.8, 4) is 5.75 Å². The van der Waals surface area contributed by atoms with E-state index in [0.717, 1.165) is 16.7 Å². The summed E-state index contributed by atoms with van der Waals surface area (Å²) in [6.45, 7) is 2.28. The summed E-state index contributed by atoms with van der Waals surface area (Å²) >= 11 is 0.929. The molecular formula is C17H21F3IN5O2S. The van der Waals surface area contributed by atoms with Crippen LogP contribution in [0.15, 0.2) is 34.6 Å². The third kappa shape index (κ3) is 8.85. The Hall–Kier alpha value is -2.09. The lowest BCUT2D eigenvalue weighted by molar-refractivity contribution is -0.140. The van der Waals surface area contributed by atoms with Gasteiger partial charge >= 0.3 is 6.18 Å². The Morgan fingerprint density at radius 3 is 2.69 bits per heavy atom. The third-order valence-electron chi connectivity index (χ3n) is 3.29. The second kappa shape index (κ2) is 11.8. The van der Waals surface area contributed by atoms with Gasteiger partial charge in [0.25, 0.3) is 0 Å². The first kappa shape index (κ1) is 24.9. The Kier molecular flexibility index (Phi) is 10.2. The minimum atomic E-state index is -4.44. The molecule has 1 aromatic heterocycles. The number of ether oxygens (including phenoxy) is 1. The van der Waals surface area contributed by atoms with Crippen molar-refractivity contribution in [1.29, 1.82) is 0 Å². The number of carbonyl (C=O) groups excluding carboxylic acids is 1. The molecule has 0 aliphatic rings. The number of carbonyl (C=O) groups is 1. The van der Waals surface area contributed by atoms with E-state index in [4.69, 9.17) is 4.74 Å². The molecule has 7 nitrogen and oxygen atoms in total. The van der Waals surface area contributed by atoms with E-state index in [1.54, 1.807) is 31.3 Å². The molecule has 160 valence electrons. The summed E-state index contributed by atoms with van der Waals surface area (Å²) < 4.78 is 43.3. The summed E-state index contributed by atoms with van der Waals surface area (Å²) in [4.78, 5) is 18.6. The molecular weight excluding hydrogens is 522 g/mol. The summed E-state index contributed by atoms with van der Waals surface area (Å²) in [7, 11) is 1.55. The van der Waals surface area contributed by atoms with Crippen molar-refractivity contribution >= 4 is 52.9 Å². The molecule has 0 unspecified atom stereocenters. The summed E-state index contributed by atoms with van der Waals surface area (Å²) in [5, 5.41) is 9.85. The van der Waals surface area contributed by atoms with Crippen LogP contribution in [0, 0.1) is 0 Å². The highest BCUT2D eigenvalue weighted by molar-refractivity contribution is 14.0. The molecule has 1 aromatic carbocycles. The number of anilines is 1. The smallest absolute Gasteiger partial charge is 0.434 e. The van der Waals surface area contributed by atoms with Gasteiger partial charge in [-0.1, -0.05) is 6.07 Å². The minimum Gasteiger partial charge on any atom is -0.492 e. The molecule has 0 spiro atoms. The summed E-state index contributed by atoms with van der Waals surface area (Å²) in [6, 6.07) is 6.98. The molecule has 0 aliphatic carbocycles. The van der Waals surface area contributed by atoms with E-state index in [9.17, 15) is 18.0 Å². The van der Waals surface area contributed by atoms with Gasteiger partial charge in [0.15, 0.2) is 11.7 Å². The highest BCUT2D eigenvalue weighted by Gasteiger charge is 2.33. The van der Waals surface area contributed by atoms with Crippen LogP contribution >= 0.6 is 35.3 Å². The number of guanidine groups is 1. The number of thiazole rings is 1. The van der Waals surface area contributed by atoms with Crippen LogP contribution < -0.4 is 20.7 Å². The highest BCUT2D eigenvalue weighted by atomic mass is 127. The Bertz CT molecular complexity index is 829. The van der Waals surface area contributed by atoms with E-state index in [1.165, 1.54) is 6.92 Å². The number of rotatable bonds is 7. The number of nitrogens with one attached hydrogen (secondary N) is 3. The quantitative estimate of drug-likeness (QED) is 0.216. The SMILES string of the molecule is CN=C(NCCOc1cccc(NC(C)=O)c1)NCc1nc(C(F)(F)F)cs1.I. The van der Waals surface area contributed by atoms with Crippen LogP contribution in [0.4, 0.5) is 18.9 Å². The Labute approximate surface area is 187 Å². The lowest BCUT2D eigenvalue weighted by Gasteiger charge is -2.12. The first-order valence-electron chi connectivity index (χ1n) is 8.24. The first-order valence-corrected chi connectivity index (χ1v) is 9.12. The van der Waals surface area contributed by atoms with Crippen molar-refractivity contribution in [3.63, 3.8) is 0 Å². The van der Waals surface area contributed by atoms with Gasteiger partial charge in [0.05, 0.1) is 13.1 Å². The molecule has 3 N–H and O–H groups in total. The maximum Gasteiger partial charge on any atom is 0.434 e. The molecule has 12 heteroatoms. The monoisotopic (exact) mass is 543 g/mol. The number of nitrogens with zero attached hydrogens (tertiary/aromatic N) is 2. The van der Waals surface area contributed by atoms with Crippen molar-refractivity contribution in [2.75, 3.05) is 25.5 Å². The number of halogens is 4. The van der Waals surface area contributed by atoms with Gasteiger partial charge < -0.3 is 20.7 Å². The largest absolute Gasteiger partial charge is 0.492 e. The normalized spacial score (nSPS) is 11.4. The van der Waals surface area contributed by atoms with Crippen molar-refractivity contribution in [1.82, 2.24) is 15.6 Å². The van der Waals surface area contributed by atoms with Crippen LogP contribution in [0.1, 0.15) is 17.6 Å². The molecule has 29 heavy (non-hydrogen) atoms. The van der Waals surface area contributed by atoms with Crippen molar-refractivity contribution in [3.05, 3.63) is 40.3 Å². The Morgan fingerprint density at radius 2 is 2.07 bits per heavy atom. The van der Waals surface area contributed by atoms with Crippen molar-refractivity contribution in [2.45, 2.75) is 19.6 Å². The fraction of sp³-hybridized carbons (Fsp3) is 0.353. The maximum atomic E-state index is 12.6. The van der Waals surface area contributed by atoms with Crippen molar-refractivity contribution < 1.29 is 22.7 Å². The first-order chi connectivity index (χ1) is 13.3. The van der Waals surface area contributed by atoms with Gasteiger partial charge in [-0.2, -0.15) is 13.2 Å². The van der Waals surface area contributed by atoms with E-state index in [2.05, 4.69) is 25.9 Å². The van der Waals surface area contributed by atoms with Gasteiger partial charge in [0.1, 0.15) is 17.4 Å². The predicted octanol–water partition coefficient (Wildman–Crippen LogP) is 3.48. The highest BCUT2D eigenvalue weighted by Crippen LogP contribution is 2.29. The van der Waals surface area contributed by atoms with E-state index in [-0.39, 0.29) is 36.4 Å². The molecule has 2 aromatic rings. The molecule has 0 fully saturated rings. The van der Waals surface area contributed by atoms with Crippen molar-refractivity contribution in [2.24, 2.45) is 4.99 Å². The van der Waals surface area contributed by atoms with Gasteiger partial charge in [-0.15, -0.1) is 35.3 Å². The van der Waals surface area contributed by atoms with E-state index in [0.29, 0.717) is 35.6 Å². The lowest BCUT2D eigenvalue weighted by atomic mass is 10.3. The second-order valence-corrected chi connectivity index (χ2v) is 6.48. The zero-order valence-electron chi connectivity index (χ0n) is 15.7. The van der Waals surface area contributed by atoms with Crippen LogP contribution in [0.5, 0.6) is 5.75 Å². The van der Waals surface area contributed by atoms with Gasteiger partial charge in [-0.05, 0) is 12.1 Å². The molecule has 1 heterocycles. The van der Waals surface area contributed by atoms with Gasteiger partial charge in [-0.3, -0.25) is 9.79 Å². The topological polar surface area (TPSA) is 87.6 Å². The number of aromatic nitrogens is 1. The van der Waals surface area contributed by atoms with E-state index in [1.807, 2.05) is 0 Å². The fourth-order valence-electron chi connectivity index (χ4n) is 2.11. The molecule has 0 bridgehead atoms. The van der Waals surface area contributed by atoms with Crippen LogP contribution in [-0.4, -0.2) is 37.1 Å². The number of aliphatic imine (C=N–C) groups is 1. The van der Waals surface area contributed by atoms with Crippen LogP contribution in [0.3, 0.4) is 0 Å². The van der Waals surface area contributed by atoms with E-state index < -0.39 is 11.9 Å². The predicted molar refractivity (Wildman–Crippen MR) is 117 cm³/mol. The van der Waals surface area contributed by atoms with Crippen LogP contribution in [0.2, 0.25) is 0 Å². The molecule has 1 amide bonds. The lowest BCUT2D eigenvalue weighted by Crippen LogP contribution is -2.38. The average molecular weight is 543 g/mol. The second-order valence-electron chi connectivity index (χ2n) is 5.53. The summed E-state index contributed by atoms with van der Waals surface area (Å²) in [6.07, 6.45) is -4.44. The molecule has 0 aliphatic heterocycles. The summed E-state index contributed by atoms with van der Waals surface area (Å²) in [5.74, 6) is 0.842. The van der Waals surface area contributed by atoms with Crippen LogP contribution in [-0.2, 0) is 17.5 Å². The van der Waals surface area contributed by atoms with Gasteiger partial charge in [0.2, 0.25) is 5.91 Å². The molecule has 2 rings (SSSR count). The molecule has 0 saturated heterocycles. The average Bonchev–Trinajstić information content (AvgIpc) is 3.10.